The Kier molecular flexibility index (Phi) is 57.3. The van der Waals surface area contributed by atoms with Crippen molar-refractivity contribution in [2.75, 3.05) is 39.6 Å². The number of hydrogen-bond acceptors (Lipinski definition) is 12. The summed E-state index contributed by atoms with van der Waals surface area (Å²) in [5.41, 5.74) is 0. The van der Waals surface area contributed by atoms with E-state index >= 15 is 0 Å². The van der Waals surface area contributed by atoms with Crippen molar-refractivity contribution in [2.24, 2.45) is 17.8 Å². The third-order valence-corrected chi connectivity index (χ3v) is 6.51. The van der Waals surface area contributed by atoms with Crippen LogP contribution in [0.1, 0.15) is 119 Å². The van der Waals surface area contributed by atoms with Crippen LogP contribution in [0, 0.1) is 17.8 Å². The van der Waals surface area contributed by atoms with Gasteiger partial charge in [0.05, 0.1) is 57.4 Å². The van der Waals surface area contributed by atoms with Crippen LogP contribution in [0.4, 0.5) is 0 Å². The molecule has 48 heavy (non-hydrogen) atoms. The van der Waals surface area contributed by atoms with Gasteiger partial charge in [-0.3, -0.25) is 14.4 Å². The van der Waals surface area contributed by atoms with Crippen molar-refractivity contribution in [2.45, 2.75) is 137 Å². The second kappa shape index (κ2) is 47.2. The van der Waals surface area contributed by atoms with E-state index in [1.165, 1.54) is 0 Å². The topological polar surface area (TPSA) is 294 Å². The van der Waals surface area contributed by atoms with Gasteiger partial charge in [0, 0.05) is 0 Å². The molecule has 0 bridgehead atoms. The number of aliphatic hydroxyl groups is 9. The van der Waals surface area contributed by atoms with E-state index in [2.05, 4.69) is 20.8 Å². The number of carboxylic acid groups (broad SMARTS) is 3. The Morgan fingerprint density at radius 2 is 0.562 bits per heavy atom. The number of aliphatic carboxylic acids is 3. The molecule has 0 amide bonds. The van der Waals surface area contributed by atoms with Gasteiger partial charge in [-0.2, -0.15) is 0 Å². The van der Waals surface area contributed by atoms with E-state index in [9.17, 15) is 14.4 Å². The lowest BCUT2D eigenvalue weighted by Gasteiger charge is -2.06. The van der Waals surface area contributed by atoms with E-state index < -0.39 is 36.2 Å². The van der Waals surface area contributed by atoms with Crippen LogP contribution >= 0.6 is 0 Å². The molecule has 0 aromatic carbocycles. The largest absolute Gasteiger partial charge is 0.481 e. The number of carbonyl (C=O) groups is 3. The Morgan fingerprint density at radius 1 is 0.396 bits per heavy atom. The van der Waals surface area contributed by atoms with Crippen molar-refractivity contribution in [1.82, 2.24) is 0 Å². The summed E-state index contributed by atoms with van der Waals surface area (Å²) in [4.78, 5) is 31.3. The van der Waals surface area contributed by atoms with Gasteiger partial charge in [-0.25, -0.2) is 0 Å². The van der Waals surface area contributed by atoms with Crippen LogP contribution in [0.2, 0.25) is 0 Å². The van der Waals surface area contributed by atoms with Crippen LogP contribution in [0.3, 0.4) is 0 Å². The van der Waals surface area contributed by atoms with Gasteiger partial charge >= 0.3 is 17.9 Å². The predicted molar refractivity (Wildman–Crippen MR) is 183 cm³/mol. The zero-order valence-electron chi connectivity index (χ0n) is 30.3. The van der Waals surface area contributed by atoms with Crippen molar-refractivity contribution in [3.8, 4) is 0 Å². The molecule has 15 heteroatoms. The van der Waals surface area contributed by atoms with Crippen molar-refractivity contribution in [3.63, 3.8) is 0 Å². The molecule has 0 aromatic heterocycles. The van der Waals surface area contributed by atoms with E-state index in [-0.39, 0.29) is 57.4 Å². The molecule has 12 N–H and O–H groups in total. The molecule has 15 nitrogen and oxygen atoms in total. The maximum atomic E-state index is 10.4. The van der Waals surface area contributed by atoms with Crippen molar-refractivity contribution < 1.29 is 75.7 Å². The molecule has 0 aromatic rings. The maximum absolute atomic E-state index is 10.4. The molecule has 0 aliphatic carbocycles. The first kappa shape index (κ1) is 58.3. The molecular formula is C33H72O15. The highest BCUT2D eigenvalue weighted by Crippen LogP contribution is 2.13. The first-order chi connectivity index (χ1) is 22.6. The summed E-state index contributed by atoms with van der Waals surface area (Å²) in [6.07, 6.45) is 8.28. The molecule has 0 heterocycles. The van der Waals surface area contributed by atoms with E-state index in [0.29, 0.717) is 0 Å². The molecule has 0 fully saturated rings. The Bertz CT molecular complexity index is 555. The van der Waals surface area contributed by atoms with E-state index in [4.69, 9.17) is 61.3 Å². The van der Waals surface area contributed by atoms with Gasteiger partial charge in [0.1, 0.15) is 18.3 Å². The molecule has 0 radical (unpaired) electrons. The number of aliphatic hydroxyl groups excluding tert-OH is 9. The van der Waals surface area contributed by atoms with Crippen molar-refractivity contribution in [3.05, 3.63) is 0 Å². The van der Waals surface area contributed by atoms with Crippen LogP contribution < -0.4 is 0 Å². The quantitative estimate of drug-likeness (QED) is 0.0810. The molecule has 0 aliphatic rings. The monoisotopic (exact) mass is 708 g/mol. The number of rotatable bonds is 21. The third-order valence-electron chi connectivity index (χ3n) is 6.51. The molecule has 0 rings (SSSR count). The van der Waals surface area contributed by atoms with Gasteiger partial charge in [-0.15, -0.1) is 0 Å². The number of hydrogen-bond donors (Lipinski definition) is 12. The summed E-state index contributed by atoms with van der Waals surface area (Å²) >= 11 is 0. The van der Waals surface area contributed by atoms with Crippen LogP contribution in [0.5, 0.6) is 0 Å². The van der Waals surface area contributed by atoms with Crippen LogP contribution in [0.25, 0.3) is 0 Å². The minimum atomic E-state index is -0.954. The minimum Gasteiger partial charge on any atom is -0.481 e. The van der Waals surface area contributed by atoms with Gasteiger partial charge < -0.3 is 61.3 Å². The molecule has 0 spiro atoms. The summed E-state index contributed by atoms with van der Waals surface area (Å²) in [7, 11) is 0. The van der Waals surface area contributed by atoms with Gasteiger partial charge in [0.25, 0.3) is 0 Å². The predicted octanol–water partition coefficient (Wildman–Crippen LogP) is 1.86. The summed E-state index contributed by atoms with van der Waals surface area (Å²) in [5, 5.41) is 97.8. The smallest absolute Gasteiger partial charge is 0.306 e. The van der Waals surface area contributed by atoms with Crippen molar-refractivity contribution in [1.29, 1.82) is 0 Å². The van der Waals surface area contributed by atoms with E-state index in [0.717, 1.165) is 77.0 Å². The molecular weight excluding hydrogens is 636 g/mol. The van der Waals surface area contributed by atoms with Crippen LogP contribution in [-0.4, -0.2) is 137 Å². The summed E-state index contributed by atoms with van der Waals surface area (Å²) in [6, 6.07) is 0. The van der Waals surface area contributed by atoms with Crippen LogP contribution in [0.15, 0.2) is 0 Å². The fourth-order valence-electron chi connectivity index (χ4n) is 3.03. The highest BCUT2D eigenvalue weighted by molar-refractivity contribution is 5.70. The lowest BCUT2D eigenvalue weighted by atomic mass is 10.00. The van der Waals surface area contributed by atoms with Crippen LogP contribution in [-0.2, 0) is 14.4 Å². The molecule has 0 aliphatic heterocycles. The molecule has 3 atom stereocenters. The van der Waals surface area contributed by atoms with Gasteiger partial charge in [0.15, 0.2) is 0 Å². The van der Waals surface area contributed by atoms with Crippen molar-refractivity contribution >= 4 is 17.9 Å². The normalized spacial score (nSPS) is 11.9. The van der Waals surface area contributed by atoms with E-state index in [1.807, 2.05) is 20.8 Å². The van der Waals surface area contributed by atoms with Gasteiger partial charge in [-0.1, -0.05) is 80.1 Å². The van der Waals surface area contributed by atoms with E-state index in [1.54, 1.807) is 0 Å². The molecule has 294 valence electrons. The Hall–Kier alpha value is -1.95. The average molecular weight is 709 g/mol. The molecule has 3 unspecified atom stereocenters. The first-order valence-electron chi connectivity index (χ1n) is 17.0. The SMILES string of the molecule is CCCCC(CC)C(=O)O.CCCCC(CC)C(=O)O.CCCCC(CC)C(=O)O.OCC(O)CO.OCC(O)CO.OCC(O)CO. The van der Waals surface area contributed by atoms with Gasteiger partial charge in [0.2, 0.25) is 0 Å². The third kappa shape index (κ3) is 50.9. The Morgan fingerprint density at radius 3 is 0.625 bits per heavy atom. The fourth-order valence-corrected chi connectivity index (χ4v) is 3.03. The Balaban J connectivity index is -0.000000112. The minimum absolute atomic E-state index is 0.111. The lowest BCUT2D eigenvalue weighted by molar-refractivity contribution is -0.143. The highest BCUT2D eigenvalue weighted by Gasteiger charge is 2.14. The Labute approximate surface area is 287 Å². The summed E-state index contributed by atoms with van der Waals surface area (Å²) < 4.78 is 0. The second-order valence-corrected chi connectivity index (χ2v) is 10.8. The number of carboxylic acids is 3. The highest BCUT2D eigenvalue weighted by atomic mass is 16.4. The lowest BCUT2D eigenvalue weighted by Crippen LogP contribution is -2.15. The summed E-state index contributed by atoms with van der Waals surface area (Å²) in [5.74, 6) is -2.26. The first-order valence-corrected chi connectivity index (χ1v) is 17.0. The zero-order valence-corrected chi connectivity index (χ0v) is 30.3. The fraction of sp³-hybridized carbons (Fsp3) is 0.909. The number of unbranched alkanes of at least 4 members (excludes halogenated alkanes) is 3. The molecule has 0 saturated heterocycles. The average Bonchev–Trinajstić information content (AvgIpc) is 3.09. The second-order valence-electron chi connectivity index (χ2n) is 10.8. The molecule has 0 saturated carbocycles. The zero-order chi connectivity index (χ0) is 38.9. The maximum Gasteiger partial charge on any atom is 0.306 e. The van der Waals surface area contributed by atoms with Gasteiger partial charge in [-0.05, 0) is 38.5 Å². The standard InChI is InChI=1S/3C8H16O2.3C3H8O3/c3*1-3-5-6-7(4-2)8(9)10;3*4-1-3(6)2-5/h3*7H,3-6H2,1-2H3,(H,9,10);3*3-6H,1-2H2. The summed E-state index contributed by atoms with van der Waals surface area (Å²) in [6.45, 7) is 9.82.